The lowest BCUT2D eigenvalue weighted by Gasteiger charge is -2.10. The second-order valence-electron chi connectivity index (χ2n) is 6.00. The predicted octanol–water partition coefficient (Wildman–Crippen LogP) is 3.36. The van der Waals surface area contributed by atoms with Gasteiger partial charge in [0.1, 0.15) is 0 Å². The molecule has 3 rings (SSSR count). The van der Waals surface area contributed by atoms with Crippen LogP contribution in [0.15, 0.2) is 30.5 Å². The second kappa shape index (κ2) is 7.10. The highest BCUT2D eigenvalue weighted by atomic mass is 16.5. The monoisotopic (exact) mass is 286 g/mol. The van der Waals surface area contributed by atoms with Gasteiger partial charge in [0.05, 0.1) is 6.10 Å². The van der Waals surface area contributed by atoms with Crippen molar-refractivity contribution in [3.63, 3.8) is 0 Å². The molecule has 1 unspecified atom stereocenters. The molecule has 0 spiro atoms. The molecule has 2 heterocycles. The van der Waals surface area contributed by atoms with Crippen LogP contribution in [0.1, 0.15) is 31.2 Å². The van der Waals surface area contributed by atoms with Gasteiger partial charge in [-0.05, 0) is 57.3 Å². The number of fused-ring (bicyclic) bond motifs is 1. The maximum Gasteiger partial charge on any atom is 0.0593 e. The minimum absolute atomic E-state index is 0.471. The van der Waals surface area contributed by atoms with Crippen LogP contribution in [0.2, 0.25) is 0 Å². The Bertz CT molecular complexity index is 570. The fourth-order valence-corrected chi connectivity index (χ4v) is 3.32. The summed E-state index contributed by atoms with van der Waals surface area (Å²) in [4.78, 5) is 0. The van der Waals surface area contributed by atoms with E-state index >= 15 is 0 Å². The van der Waals surface area contributed by atoms with Crippen LogP contribution in [0, 0.1) is 0 Å². The Hall–Kier alpha value is -1.32. The summed E-state index contributed by atoms with van der Waals surface area (Å²) in [6, 6.07) is 8.79. The number of benzene rings is 1. The van der Waals surface area contributed by atoms with E-state index in [1.165, 1.54) is 35.7 Å². The lowest BCUT2D eigenvalue weighted by molar-refractivity contribution is 0.101. The van der Waals surface area contributed by atoms with Gasteiger partial charge in [0.15, 0.2) is 0 Å². The van der Waals surface area contributed by atoms with Gasteiger partial charge in [0.2, 0.25) is 0 Å². The van der Waals surface area contributed by atoms with Crippen LogP contribution >= 0.6 is 0 Å². The van der Waals surface area contributed by atoms with Crippen molar-refractivity contribution in [3.05, 3.63) is 36.0 Å². The van der Waals surface area contributed by atoms with Gasteiger partial charge >= 0.3 is 0 Å². The van der Waals surface area contributed by atoms with Crippen molar-refractivity contribution in [1.29, 1.82) is 0 Å². The van der Waals surface area contributed by atoms with Crippen molar-refractivity contribution in [1.82, 2.24) is 9.88 Å². The summed E-state index contributed by atoms with van der Waals surface area (Å²) in [6.45, 7) is 3.10. The van der Waals surface area contributed by atoms with Crippen LogP contribution in [0.3, 0.4) is 0 Å². The molecule has 2 aromatic rings. The number of hydrogen-bond donors (Lipinski definition) is 1. The zero-order valence-electron chi connectivity index (χ0n) is 13.0. The summed E-state index contributed by atoms with van der Waals surface area (Å²) in [5, 5.41) is 4.65. The predicted molar refractivity (Wildman–Crippen MR) is 87.8 cm³/mol. The van der Waals surface area contributed by atoms with E-state index in [1.54, 1.807) is 0 Å². The molecule has 1 aromatic heterocycles. The van der Waals surface area contributed by atoms with Crippen molar-refractivity contribution >= 4 is 10.9 Å². The van der Waals surface area contributed by atoms with Crippen molar-refractivity contribution in [2.75, 3.05) is 20.2 Å². The van der Waals surface area contributed by atoms with Crippen LogP contribution in [-0.4, -0.2) is 30.9 Å². The van der Waals surface area contributed by atoms with Gasteiger partial charge in [-0.1, -0.05) is 18.2 Å². The zero-order valence-corrected chi connectivity index (χ0v) is 13.0. The molecule has 21 heavy (non-hydrogen) atoms. The summed E-state index contributed by atoms with van der Waals surface area (Å²) in [5.74, 6) is 0. The third-order valence-electron chi connectivity index (χ3n) is 4.46. The number of aryl methyl sites for hydroxylation is 2. The summed E-state index contributed by atoms with van der Waals surface area (Å²) in [5.41, 5.74) is 2.85. The van der Waals surface area contributed by atoms with E-state index in [0.717, 1.165) is 32.5 Å². The van der Waals surface area contributed by atoms with E-state index < -0.39 is 0 Å². The minimum atomic E-state index is 0.471. The Labute approximate surface area is 127 Å². The van der Waals surface area contributed by atoms with Gasteiger partial charge in [0.25, 0.3) is 0 Å². The molecule has 0 radical (unpaired) electrons. The summed E-state index contributed by atoms with van der Waals surface area (Å²) in [6.07, 6.45) is 8.76. The lowest BCUT2D eigenvalue weighted by atomic mass is 10.1. The first-order valence-corrected chi connectivity index (χ1v) is 8.21. The van der Waals surface area contributed by atoms with Gasteiger partial charge in [-0.2, -0.15) is 0 Å². The van der Waals surface area contributed by atoms with E-state index in [-0.39, 0.29) is 0 Å². The summed E-state index contributed by atoms with van der Waals surface area (Å²) >= 11 is 0. The molecule has 1 aliphatic heterocycles. The maximum atomic E-state index is 5.75. The SMILES string of the molecule is CNCCCc1cn(CCC2CCCO2)c2ccccc12. The van der Waals surface area contributed by atoms with Crippen molar-refractivity contribution < 1.29 is 4.74 Å². The molecular weight excluding hydrogens is 260 g/mol. The molecule has 1 saturated heterocycles. The van der Waals surface area contributed by atoms with Crippen molar-refractivity contribution in [3.8, 4) is 0 Å². The molecule has 0 bridgehead atoms. The fourth-order valence-electron chi connectivity index (χ4n) is 3.32. The van der Waals surface area contributed by atoms with Gasteiger partial charge in [-0.15, -0.1) is 0 Å². The molecule has 1 atom stereocenters. The van der Waals surface area contributed by atoms with E-state index in [4.69, 9.17) is 4.74 Å². The number of nitrogens with zero attached hydrogens (tertiary/aromatic N) is 1. The average Bonchev–Trinajstić information content (AvgIpc) is 3.14. The first-order valence-electron chi connectivity index (χ1n) is 8.21. The Kier molecular flexibility index (Phi) is 4.94. The highest BCUT2D eigenvalue weighted by Crippen LogP contribution is 2.24. The molecule has 114 valence electrons. The molecule has 0 saturated carbocycles. The number of ether oxygens (including phenoxy) is 1. The van der Waals surface area contributed by atoms with Crippen LogP contribution in [0.4, 0.5) is 0 Å². The van der Waals surface area contributed by atoms with E-state index in [2.05, 4.69) is 40.3 Å². The van der Waals surface area contributed by atoms with Crippen molar-refractivity contribution in [2.24, 2.45) is 0 Å². The standard InChI is InChI=1S/C18H26N2O/c1-19-11-4-6-15-14-20(12-10-16-7-5-13-21-16)18-9-3-2-8-17(15)18/h2-3,8-9,14,16,19H,4-7,10-13H2,1H3. The molecule has 1 aromatic carbocycles. The Morgan fingerprint density at radius 1 is 1.33 bits per heavy atom. The molecule has 0 aliphatic carbocycles. The van der Waals surface area contributed by atoms with Crippen LogP contribution in [0.5, 0.6) is 0 Å². The van der Waals surface area contributed by atoms with Crippen molar-refractivity contribution in [2.45, 2.75) is 44.8 Å². The lowest BCUT2D eigenvalue weighted by Crippen LogP contribution is -2.09. The van der Waals surface area contributed by atoms with Gasteiger partial charge in [-0.25, -0.2) is 0 Å². The summed E-state index contributed by atoms with van der Waals surface area (Å²) in [7, 11) is 2.02. The highest BCUT2D eigenvalue weighted by molar-refractivity contribution is 5.83. The maximum absolute atomic E-state index is 5.75. The molecule has 1 fully saturated rings. The number of nitrogens with one attached hydrogen (secondary N) is 1. The molecule has 1 aliphatic rings. The topological polar surface area (TPSA) is 26.2 Å². The zero-order chi connectivity index (χ0) is 14.5. The van der Waals surface area contributed by atoms with E-state index in [1.807, 2.05) is 7.05 Å². The Morgan fingerprint density at radius 2 is 2.24 bits per heavy atom. The Balaban J connectivity index is 1.74. The first-order chi connectivity index (χ1) is 10.4. The van der Waals surface area contributed by atoms with E-state index in [0.29, 0.717) is 6.10 Å². The largest absolute Gasteiger partial charge is 0.378 e. The first kappa shape index (κ1) is 14.6. The number of aromatic nitrogens is 1. The second-order valence-corrected chi connectivity index (χ2v) is 6.00. The highest BCUT2D eigenvalue weighted by Gasteiger charge is 2.16. The van der Waals surface area contributed by atoms with Crippen LogP contribution < -0.4 is 5.32 Å². The smallest absolute Gasteiger partial charge is 0.0593 e. The van der Waals surface area contributed by atoms with E-state index in [9.17, 15) is 0 Å². The van der Waals surface area contributed by atoms with Crippen LogP contribution in [0.25, 0.3) is 10.9 Å². The molecule has 3 heteroatoms. The fraction of sp³-hybridized carbons (Fsp3) is 0.556. The van der Waals surface area contributed by atoms with Gasteiger partial charge < -0.3 is 14.6 Å². The third-order valence-corrected chi connectivity index (χ3v) is 4.46. The quantitative estimate of drug-likeness (QED) is 0.790. The summed E-state index contributed by atoms with van der Waals surface area (Å²) < 4.78 is 8.17. The molecule has 0 amide bonds. The number of hydrogen-bond acceptors (Lipinski definition) is 2. The molecular formula is C18H26N2O. The third kappa shape index (κ3) is 3.47. The number of rotatable bonds is 7. The molecule has 1 N–H and O–H groups in total. The minimum Gasteiger partial charge on any atom is -0.378 e. The number of para-hydroxylation sites is 1. The molecule has 3 nitrogen and oxygen atoms in total. The van der Waals surface area contributed by atoms with Crippen LogP contribution in [-0.2, 0) is 17.7 Å². The van der Waals surface area contributed by atoms with Gasteiger partial charge in [0, 0.05) is 30.3 Å². The normalized spacial score (nSPS) is 18.6. The Morgan fingerprint density at radius 3 is 3.05 bits per heavy atom. The average molecular weight is 286 g/mol. The van der Waals surface area contributed by atoms with Gasteiger partial charge in [-0.3, -0.25) is 0 Å².